The molecule has 0 saturated carbocycles. The van der Waals surface area contributed by atoms with Crippen molar-refractivity contribution in [2.45, 2.75) is 17.5 Å². The molecule has 2 N–H and O–H groups in total. The molecule has 0 bridgehead atoms. The molecular weight excluding hydrogens is 442 g/mol. The third-order valence-electron chi connectivity index (χ3n) is 4.33. The molecule has 0 unspecified atom stereocenters. The van der Waals surface area contributed by atoms with Crippen molar-refractivity contribution < 1.29 is 22.7 Å². The molecule has 4 rings (SSSR count). The van der Waals surface area contributed by atoms with Crippen molar-refractivity contribution in [3.8, 4) is 5.69 Å². The van der Waals surface area contributed by atoms with E-state index in [0.29, 0.717) is 23.9 Å². The van der Waals surface area contributed by atoms with Gasteiger partial charge in [0.25, 0.3) is 11.1 Å². The molecule has 0 aliphatic rings. The Kier molecular flexibility index (Phi) is 5.37. The van der Waals surface area contributed by atoms with Crippen LogP contribution < -0.4 is 11.1 Å². The number of H-pyrrole nitrogens is 1. The summed E-state index contributed by atoms with van der Waals surface area (Å²) in [6.45, 7) is -0.529. The summed E-state index contributed by atoms with van der Waals surface area (Å²) in [7, 11) is 0. The fraction of sp³-hybridized carbons (Fsp3) is 0.111. The van der Waals surface area contributed by atoms with Crippen LogP contribution >= 0.6 is 11.8 Å². The lowest BCUT2D eigenvalue weighted by Gasteiger charge is -2.12. The van der Waals surface area contributed by atoms with Crippen LogP contribution in [0.15, 0.2) is 45.3 Å². The third-order valence-corrected chi connectivity index (χ3v) is 5.28. The van der Waals surface area contributed by atoms with Crippen molar-refractivity contribution in [3.63, 3.8) is 0 Å². The second-order valence-electron chi connectivity index (χ2n) is 6.26. The molecule has 0 amide bonds. The van der Waals surface area contributed by atoms with Crippen LogP contribution in [0.4, 0.5) is 17.6 Å². The topological polar surface area (TPSA) is 105 Å². The largest absolute Gasteiger partial charge is 0.392 e. The van der Waals surface area contributed by atoms with Gasteiger partial charge < -0.3 is 10.1 Å². The molecule has 3 heterocycles. The zero-order valence-electron chi connectivity index (χ0n) is 15.3. The first-order valence-electron chi connectivity index (χ1n) is 8.55. The second-order valence-corrected chi connectivity index (χ2v) is 7.20. The van der Waals surface area contributed by atoms with Gasteiger partial charge in [0.2, 0.25) is 0 Å². The highest BCUT2D eigenvalue weighted by atomic mass is 32.2. The Morgan fingerprint density at radius 3 is 2.42 bits per heavy atom. The van der Waals surface area contributed by atoms with E-state index in [9.17, 15) is 32.3 Å². The average Bonchev–Trinajstić information content (AvgIpc) is 3.13. The molecule has 160 valence electrons. The van der Waals surface area contributed by atoms with Gasteiger partial charge in [-0.25, -0.2) is 17.6 Å². The lowest BCUT2D eigenvalue weighted by Crippen LogP contribution is -2.26. The molecule has 0 saturated heterocycles. The van der Waals surface area contributed by atoms with E-state index in [2.05, 4.69) is 15.2 Å². The van der Waals surface area contributed by atoms with Gasteiger partial charge in [-0.15, -0.1) is 9.73 Å². The zero-order chi connectivity index (χ0) is 22.3. The number of aromatic nitrogens is 5. The summed E-state index contributed by atoms with van der Waals surface area (Å²) in [5, 5.41) is 17.3. The number of halogens is 4. The number of aliphatic hydroxyl groups is 1. The maximum absolute atomic E-state index is 14.0. The van der Waals surface area contributed by atoms with E-state index < -0.39 is 52.3 Å². The molecule has 4 aromatic rings. The van der Waals surface area contributed by atoms with E-state index in [0.717, 1.165) is 21.5 Å². The van der Waals surface area contributed by atoms with E-state index in [1.807, 2.05) is 0 Å². The number of rotatable bonds is 5. The summed E-state index contributed by atoms with van der Waals surface area (Å²) in [6, 6.07) is 1.82. The standard InChI is InChI=1S/C18H11F4N5O3S/c19-9-1-12(20)11(13(21)2-9)7-31-18-25-27-15(8(6-28)4-24-27)17(30)26(18)10-3-14(22)16(29)23-5-10/h1-5,28H,6-7H2,(H,23,29). The van der Waals surface area contributed by atoms with Gasteiger partial charge in [-0.05, 0) is 0 Å². The molecule has 1 aromatic carbocycles. The van der Waals surface area contributed by atoms with Crippen LogP contribution in [0.5, 0.6) is 0 Å². The van der Waals surface area contributed by atoms with Crippen molar-refractivity contribution in [1.82, 2.24) is 24.4 Å². The summed E-state index contributed by atoms with van der Waals surface area (Å²) >= 11 is 0.697. The summed E-state index contributed by atoms with van der Waals surface area (Å²) < 4.78 is 56.8. The Bertz CT molecular complexity index is 1410. The molecule has 0 aliphatic carbocycles. The van der Waals surface area contributed by atoms with Crippen LogP contribution in [0, 0.1) is 23.3 Å². The maximum atomic E-state index is 14.0. The molecule has 0 atom stereocenters. The molecule has 0 aliphatic heterocycles. The summed E-state index contributed by atoms with van der Waals surface area (Å²) in [4.78, 5) is 26.6. The van der Waals surface area contributed by atoms with Gasteiger partial charge >= 0.3 is 0 Å². The lowest BCUT2D eigenvalue weighted by atomic mass is 10.2. The highest BCUT2D eigenvalue weighted by Gasteiger charge is 2.20. The minimum absolute atomic E-state index is 0.113. The fourth-order valence-electron chi connectivity index (χ4n) is 2.85. The summed E-state index contributed by atoms with van der Waals surface area (Å²) in [6.07, 6.45) is 2.26. The monoisotopic (exact) mass is 453 g/mol. The summed E-state index contributed by atoms with van der Waals surface area (Å²) in [5.41, 5.74) is -2.34. The normalized spacial score (nSPS) is 11.4. The molecule has 31 heavy (non-hydrogen) atoms. The number of hydrogen-bond acceptors (Lipinski definition) is 6. The third kappa shape index (κ3) is 3.72. The van der Waals surface area contributed by atoms with Gasteiger partial charge in [-0.2, -0.15) is 5.10 Å². The van der Waals surface area contributed by atoms with E-state index >= 15 is 0 Å². The lowest BCUT2D eigenvalue weighted by molar-refractivity contribution is 0.283. The van der Waals surface area contributed by atoms with Gasteiger partial charge in [0.05, 0.1) is 18.5 Å². The van der Waals surface area contributed by atoms with Crippen LogP contribution in [-0.2, 0) is 12.4 Å². The first-order valence-corrected chi connectivity index (χ1v) is 9.54. The quantitative estimate of drug-likeness (QED) is 0.353. The van der Waals surface area contributed by atoms with Crippen molar-refractivity contribution in [2.24, 2.45) is 0 Å². The number of aromatic amines is 1. The average molecular weight is 453 g/mol. The maximum Gasteiger partial charge on any atom is 0.285 e. The minimum atomic E-state index is -1.17. The number of fused-ring (bicyclic) bond motifs is 1. The Morgan fingerprint density at radius 1 is 1.06 bits per heavy atom. The van der Waals surface area contributed by atoms with Crippen LogP contribution in [0.2, 0.25) is 0 Å². The first kappa shape index (κ1) is 20.8. The fourth-order valence-corrected chi connectivity index (χ4v) is 3.85. The summed E-state index contributed by atoms with van der Waals surface area (Å²) in [5.74, 6) is -4.91. The van der Waals surface area contributed by atoms with E-state index in [1.54, 1.807) is 0 Å². The number of benzene rings is 1. The van der Waals surface area contributed by atoms with Crippen LogP contribution in [0.3, 0.4) is 0 Å². The molecule has 8 nitrogen and oxygen atoms in total. The van der Waals surface area contributed by atoms with Crippen molar-refractivity contribution in [1.29, 1.82) is 0 Å². The van der Waals surface area contributed by atoms with E-state index in [1.165, 1.54) is 6.20 Å². The van der Waals surface area contributed by atoms with Crippen molar-refractivity contribution >= 4 is 17.3 Å². The molecule has 0 radical (unpaired) electrons. The Hall–Kier alpha value is -3.45. The molecule has 13 heteroatoms. The number of pyridine rings is 1. The van der Waals surface area contributed by atoms with E-state index in [4.69, 9.17) is 0 Å². The smallest absolute Gasteiger partial charge is 0.285 e. The SMILES string of the molecule is O=c1[nH]cc(-n2c(SCc3c(F)cc(F)cc3F)nn3ncc(CO)c3c2=O)cc1F. The van der Waals surface area contributed by atoms with Crippen LogP contribution in [0.25, 0.3) is 11.2 Å². The predicted molar refractivity (Wildman–Crippen MR) is 101 cm³/mol. The Labute approximate surface area is 173 Å². The number of hydrogen-bond donors (Lipinski definition) is 2. The first-order chi connectivity index (χ1) is 14.8. The second kappa shape index (κ2) is 8.00. The number of nitrogens with one attached hydrogen (secondary N) is 1. The van der Waals surface area contributed by atoms with Gasteiger partial charge in [-0.1, -0.05) is 11.8 Å². The predicted octanol–water partition coefficient (Wildman–Crippen LogP) is 1.91. The minimum Gasteiger partial charge on any atom is -0.392 e. The van der Waals surface area contributed by atoms with Gasteiger partial charge in [0, 0.05) is 41.3 Å². The highest BCUT2D eigenvalue weighted by molar-refractivity contribution is 7.98. The number of thioether (sulfide) groups is 1. The van der Waals surface area contributed by atoms with Crippen molar-refractivity contribution in [3.05, 3.63) is 85.7 Å². The van der Waals surface area contributed by atoms with Crippen LogP contribution in [-0.4, -0.2) is 29.5 Å². The van der Waals surface area contributed by atoms with Gasteiger partial charge in [0.15, 0.2) is 16.5 Å². The zero-order valence-corrected chi connectivity index (χ0v) is 16.1. The molecule has 0 spiro atoms. The van der Waals surface area contributed by atoms with Gasteiger partial charge in [0.1, 0.15) is 17.5 Å². The molecule has 0 fully saturated rings. The van der Waals surface area contributed by atoms with E-state index in [-0.39, 0.29) is 21.9 Å². The molecular formula is C18H11F4N5O3S. The number of nitrogens with zero attached hydrogens (tertiary/aromatic N) is 4. The van der Waals surface area contributed by atoms with Crippen molar-refractivity contribution in [2.75, 3.05) is 0 Å². The van der Waals surface area contributed by atoms with Crippen LogP contribution in [0.1, 0.15) is 11.1 Å². The van der Waals surface area contributed by atoms with Gasteiger partial charge in [-0.3, -0.25) is 14.2 Å². The Morgan fingerprint density at radius 2 is 1.77 bits per heavy atom. The molecule has 3 aromatic heterocycles. The number of aliphatic hydroxyl groups excluding tert-OH is 1. The highest BCUT2D eigenvalue weighted by Crippen LogP contribution is 2.26. The Balaban J connectivity index is 1.89.